The molecule has 0 saturated carbocycles. The molecule has 0 unspecified atom stereocenters. The Balaban J connectivity index is 2.27. The van der Waals surface area contributed by atoms with Crippen molar-refractivity contribution in [3.05, 3.63) is 57.2 Å². The van der Waals surface area contributed by atoms with Crippen LogP contribution in [0.4, 0.5) is 0 Å². The first kappa shape index (κ1) is 16.6. The molecular weight excluding hydrogens is 393 g/mol. The van der Waals surface area contributed by atoms with E-state index in [0.29, 0.717) is 30.3 Å². The first-order valence-corrected chi connectivity index (χ1v) is 8.08. The molecule has 2 rings (SSSR count). The van der Waals surface area contributed by atoms with E-state index < -0.39 is 0 Å². The van der Waals surface area contributed by atoms with E-state index in [-0.39, 0.29) is 5.91 Å². The summed E-state index contributed by atoms with van der Waals surface area (Å²) in [5, 5.41) is 2.62. The summed E-state index contributed by atoms with van der Waals surface area (Å²) in [5.74, 6) is 1.11. The Bertz CT molecular complexity index is 644. The van der Waals surface area contributed by atoms with Gasteiger partial charge in [0.1, 0.15) is 6.61 Å². The van der Waals surface area contributed by atoms with Crippen LogP contribution in [0.15, 0.2) is 42.5 Å². The number of rotatable bonds is 6. The van der Waals surface area contributed by atoms with Gasteiger partial charge in [-0.15, -0.1) is 0 Å². The average Bonchev–Trinajstić information content (AvgIpc) is 2.54. The fraction of sp³-hybridized carbons (Fsp3) is 0.235. The highest BCUT2D eigenvalue weighted by atomic mass is 127. The third kappa shape index (κ3) is 4.13. The second kappa shape index (κ2) is 8.03. The van der Waals surface area contributed by atoms with E-state index in [1.54, 1.807) is 19.2 Å². The van der Waals surface area contributed by atoms with E-state index >= 15 is 0 Å². The van der Waals surface area contributed by atoms with Crippen molar-refractivity contribution in [2.75, 3.05) is 13.7 Å². The van der Waals surface area contributed by atoms with Gasteiger partial charge in [0.2, 0.25) is 0 Å². The van der Waals surface area contributed by atoms with Gasteiger partial charge in [-0.2, -0.15) is 0 Å². The Morgan fingerprint density at radius 1 is 1.18 bits per heavy atom. The first-order valence-electron chi connectivity index (χ1n) is 7.00. The Labute approximate surface area is 144 Å². The van der Waals surface area contributed by atoms with Gasteiger partial charge >= 0.3 is 0 Å². The molecule has 0 fully saturated rings. The zero-order valence-electron chi connectivity index (χ0n) is 12.6. The van der Waals surface area contributed by atoms with Gasteiger partial charge in [0.25, 0.3) is 5.91 Å². The van der Waals surface area contributed by atoms with Crippen molar-refractivity contribution >= 4 is 28.5 Å². The van der Waals surface area contributed by atoms with Crippen molar-refractivity contribution in [1.29, 1.82) is 0 Å². The number of benzene rings is 2. The second-order valence-corrected chi connectivity index (χ2v) is 5.73. The summed E-state index contributed by atoms with van der Waals surface area (Å²) in [6.07, 6.45) is 0. The largest absolute Gasteiger partial charge is 0.490 e. The van der Waals surface area contributed by atoms with Crippen LogP contribution in [0.3, 0.4) is 0 Å². The molecule has 22 heavy (non-hydrogen) atoms. The van der Waals surface area contributed by atoms with E-state index in [4.69, 9.17) is 9.47 Å². The molecule has 0 heterocycles. The molecule has 0 bridgehead atoms. The van der Waals surface area contributed by atoms with Gasteiger partial charge in [-0.25, -0.2) is 0 Å². The number of carbonyl (C=O) groups is 1. The van der Waals surface area contributed by atoms with Gasteiger partial charge in [0.05, 0.1) is 10.2 Å². The fourth-order valence-corrected chi connectivity index (χ4v) is 2.73. The number of halogens is 1. The maximum Gasteiger partial charge on any atom is 0.251 e. The summed E-state index contributed by atoms with van der Waals surface area (Å²) >= 11 is 2.16. The predicted octanol–water partition coefficient (Wildman–Crippen LogP) is 3.63. The smallest absolute Gasteiger partial charge is 0.251 e. The van der Waals surface area contributed by atoms with E-state index in [9.17, 15) is 4.79 Å². The fourth-order valence-electron chi connectivity index (χ4n) is 1.98. The van der Waals surface area contributed by atoms with Gasteiger partial charge in [0, 0.05) is 12.6 Å². The van der Waals surface area contributed by atoms with Crippen LogP contribution in [-0.4, -0.2) is 19.6 Å². The van der Waals surface area contributed by atoms with Crippen LogP contribution in [0.1, 0.15) is 22.8 Å². The van der Waals surface area contributed by atoms with Gasteiger partial charge < -0.3 is 14.8 Å². The molecule has 0 aliphatic heterocycles. The molecule has 4 nitrogen and oxygen atoms in total. The van der Waals surface area contributed by atoms with Crippen LogP contribution in [0, 0.1) is 3.57 Å². The van der Waals surface area contributed by atoms with Gasteiger partial charge in [-0.05, 0) is 47.2 Å². The third-order valence-corrected chi connectivity index (χ3v) is 3.83. The summed E-state index contributed by atoms with van der Waals surface area (Å²) in [4.78, 5) is 11.8. The lowest BCUT2D eigenvalue weighted by Gasteiger charge is -2.15. The standard InChI is InChI=1S/C17H18INO3/c1-3-21-15-10-13(17(20)19-2)9-14(18)16(15)22-11-12-7-5-4-6-8-12/h4-10H,3,11H2,1-2H3,(H,19,20). The lowest BCUT2D eigenvalue weighted by atomic mass is 10.2. The Morgan fingerprint density at radius 2 is 1.91 bits per heavy atom. The molecule has 0 saturated heterocycles. The van der Waals surface area contributed by atoms with Gasteiger partial charge in [0.15, 0.2) is 11.5 Å². The molecule has 116 valence electrons. The van der Waals surface area contributed by atoms with E-state index in [2.05, 4.69) is 27.9 Å². The maximum absolute atomic E-state index is 11.8. The van der Waals surface area contributed by atoms with Crippen LogP contribution in [0.5, 0.6) is 11.5 Å². The van der Waals surface area contributed by atoms with Crippen LogP contribution >= 0.6 is 22.6 Å². The minimum Gasteiger partial charge on any atom is -0.490 e. The van der Waals surface area contributed by atoms with Crippen molar-refractivity contribution in [3.8, 4) is 11.5 Å². The average molecular weight is 411 g/mol. The van der Waals surface area contributed by atoms with Crippen LogP contribution in [-0.2, 0) is 6.61 Å². The minimum absolute atomic E-state index is 0.145. The molecule has 1 N–H and O–H groups in total. The lowest BCUT2D eigenvalue weighted by molar-refractivity contribution is 0.0962. The first-order chi connectivity index (χ1) is 10.7. The summed E-state index contributed by atoms with van der Waals surface area (Å²) in [6, 6.07) is 13.4. The minimum atomic E-state index is -0.145. The highest BCUT2D eigenvalue weighted by Gasteiger charge is 2.15. The summed E-state index contributed by atoms with van der Waals surface area (Å²) in [7, 11) is 1.61. The second-order valence-electron chi connectivity index (χ2n) is 4.57. The quantitative estimate of drug-likeness (QED) is 0.739. The predicted molar refractivity (Wildman–Crippen MR) is 94.5 cm³/mol. The Hall–Kier alpha value is -1.76. The van der Waals surface area contributed by atoms with Crippen LogP contribution in [0.2, 0.25) is 0 Å². The summed E-state index contributed by atoms with van der Waals surface area (Å²) in [5.41, 5.74) is 1.64. The molecule has 0 radical (unpaired) electrons. The SMILES string of the molecule is CCOc1cc(C(=O)NC)cc(I)c1OCc1ccccc1. The van der Waals surface area contributed by atoms with Crippen molar-refractivity contribution in [2.45, 2.75) is 13.5 Å². The molecule has 0 aliphatic rings. The van der Waals surface area contributed by atoms with Crippen molar-refractivity contribution in [1.82, 2.24) is 5.32 Å². The Morgan fingerprint density at radius 3 is 2.55 bits per heavy atom. The summed E-state index contributed by atoms with van der Waals surface area (Å²) < 4.78 is 12.4. The topological polar surface area (TPSA) is 47.6 Å². The molecule has 2 aromatic carbocycles. The molecule has 2 aromatic rings. The number of carbonyl (C=O) groups excluding carboxylic acids is 1. The monoisotopic (exact) mass is 411 g/mol. The van der Waals surface area contributed by atoms with Crippen molar-refractivity contribution in [3.63, 3.8) is 0 Å². The zero-order chi connectivity index (χ0) is 15.9. The van der Waals surface area contributed by atoms with Gasteiger partial charge in [-0.3, -0.25) is 4.79 Å². The normalized spacial score (nSPS) is 10.1. The Kier molecular flexibility index (Phi) is 6.06. The summed E-state index contributed by atoms with van der Waals surface area (Å²) in [6.45, 7) is 2.87. The lowest BCUT2D eigenvalue weighted by Crippen LogP contribution is -2.18. The molecule has 0 spiro atoms. The van der Waals surface area contributed by atoms with Crippen molar-refractivity contribution in [2.24, 2.45) is 0 Å². The number of nitrogens with one attached hydrogen (secondary N) is 1. The van der Waals surface area contributed by atoms with Gasteiger partial charge in [-0.1, -0.05) is 30.3 Å². The van der Waals surface area contributed by atoms with E-state index in [1.807, 2.05) is 37.3 Å². The molecule has 0 atom stereocenters. The van der Waals surface area contributed by atoms with E-state index in [0.717, 1.165) is 9.13 Å². The van der Waals surface area contributed by atoms with E-state index in [1.165, 1.54) is 0 Å². The number of ether oxygens (including phenoxy) is 2. The maximum atomic E-state index is 11.8. The zero-order valence-corrected chi connectivity index (χ0v) is 14.7. The number of amides is 1. The highest BCUT2D eigenvalue weighted by molar-refractivity contribution is 14.1. The van der Waals surface area contributed by atoms with Crippen molar-refractivity contribution < 1.29 is 14.3 Å². The third-order valence-electron chi connectivity index (χ3n) is 3.02. The highest BCUT2D eigenvalue weighted by Crippen LogP contribution is 2.34. The molecule has 0 aliphatic carbocycles. The van der Waals surface area contributed by atoms with Crippen LogP contribution < -0.4 is 14.8 Å². The van der Waals surface area contributed by atoms with Crippen LogP contribution in [0.25, 0.3) is 0 Å². The molecule has 0 aromatic heterocycles. The molecular formula is C17H18INO3. The number of hydrogen-bond donors (Lipinski definition) is 1. The molecule has 1 amide bonds. The number of hydrogen-bond acceptors (Lipinski definition) is 3. The molecule has 5 heteroatoms.